The molecule has 0 amide bonds. The lowest BCUT2D eigenvalue weighted by Crippen LogP contribution is -2.10. The molecule has 1 fully saturated rings. The van der Waals surface area contributed by atoms with E-state index in [1.54, 1.807) is 6.20 Å². The summed E-state index contributed by atoms with van der Waals surface area (Å²) < 4.78 is 0. The Morgan fingerprint density at radius 3 is 2.86 bits per heavy atom. The van der Waals surface area contributed by atoms with Crippen LogP contribution in [0.3, 0.4) is 0 Å². The second kappa shape index (κ2) is 5.30. The summed E-state index contributed by atoms with van der Waals surface area (Å²) in [5.74, 6) is 1.45. The van der Waals surface area contributed by atoms with Crippen molar-refractivity contribution in [1.82, 2.24) is 15.0 Å². The molecule has 4 rings (SSSR count). The lowest BCUT2D eigenvalue weighted by molar-refractivity contribution is 0.412. The molecule has 0 saturated heterocycles. The molecule has 112 valence electrons. The second-order valence-corrected chi connectivity index (χ2v) is 5.74. The first-order valence-corrected chi connectivity index (χ1v) is 7.67. The third-order valence-electron chi connectivity index (χ3n) is 4.41. The minimum absolute atomic E-state index is 0. The van der Waals surface area contributed by atoms with E-state index < -0.39 is 0 Å². The van der Waals surface area contributed by atoms with Crippen LogP contribution in [0, 0.1) is 0 Å². The first-order chi connectivity index (χ1) is 10.8. The normalized spacial score (nSPS) is 14.7. The summed E-state index contributed by atoms with van der Waals surface area (Å²) in [4.78, 5) is 12.5. The number of hydrogen-bond acceptors (Lipinski definition) is 3. The molecule has 0 radical (unpaired) electrons. The maximum absolute atomic E-state index is 4.79. The quantitative estimate of drug-likeness (QED) is 0.733. The molecule has 1 aliphatic rings. The molecule has 3 heterocycles. The van der Waals surface area contributed by atoms with Crippen molar-refractivity contribution in [3.63, 3.8) is 0 Å². The molecule has 0 aromatic carbocycles. The number of aromatic nitrogens is 3. The fourth-order valence-corrected chi connectivity index (χ4v) is 2.93. The zero-order valence-corrected chi connectivity index (χ0v) is 12.3. The zero-order chi connectivity index (χ0) is 14.9. The van der Waals surface area contributed by atoms with E-state index in [2.05, 4.69) is 40.1 Å². The lowest BCUT2D eigenvalue weighted by atomic mass is 9.82. The number of fused-ring (bicyclic) bond motifs is 1. The van der Waals surface area contributed by atoms with Crippen LogP contribution < -0.4 is 5.32 Å². The van der Waals surface area contributed by atoms with Crippen molar-refractivity contribution >= 4 is 16.9 Å². The van der Waals surface area contributed by atoms with E-state index in [4.69, 9.17) is 4.98 Å². The molecule has 0 aliphatic heterocycles. The van der Waals surface area contributed by atoms with Crippen LogP contribution in [0.5, 0.6) is 0 Å². The molecule has 0 atom stereocenters. The highest BCUT2D eigenvalue weighted by Gasteiger charge is 2.21. The Balaban J connectivity index is 0.00000156. The molecule has 0 unspecified atom stereocenters. The van der Waals surface area contributed by atoms with Crippen molar-refractivity contribution in [2.75, 3.05) is 5.32 Å². The van der Waals surface area contributed by atoms with E-state index in [9.17, 15) is 0 Å². The Morgan fingerprint density at radius 2 is 2.18 bits per heavy atom. The van der Waals surface area contributed by atoms with E-state index in [0.717, 1.165) is 28.0 Å². The van der Waals surface area contributed by atoms with Gasteiger partial charge in [-0.15, -0.1) is 0 Å². The summed E-state index contributed by atoms with van der Waals surface area (Å²) in [5.41, 5.74) is 4.41. The summed E-state index contributed by atoms with van der Waals surface area (Å²) in [6.45, 7) is 3.64. The van der Waals surface area contributed by atoms with Gasteiger partial charge in [0.15, 0.2) is 0 Å². The first kappa shape index (κ1) is 13.1. The summed E-state index contributed by atoms with van der Waals surface area (Å²) >= 11 is 0. The van der Waals surface area contributed by atoms with E-state index in [-0.39, 0.29) is 1.43 Å². The molecule has 4 heteroatoms. The molecule has 2 N–H and O–H groups in total. The number of aromatic amines is 1. The van der Waals surface area contributed by atoms with E-state index in [0.29, 0.717) is 5.92 Å². The largest absolute Gasteiger partial charge is 0.347 e. The van der Waals surface area contributed by atoms with Gasteiger partial charge >= 0.3 is 0 Å². The zero-order valence-electron chi connectivity index (χ0n) is 12.3. The minimum atomic E-state index is 0. The van der Waals surface area contributed by atoms with Gasteiger partial charge in [0.2, 0.25) is 0 Å². The van der Waals surface area contributed by atoms with E-state index >= 15 is 0 Å². The molecule has 1 saturated carbocycles. The van der Waals surface area contributed by atoms with Crippen molar-refractivity contribution < 1.29 is 1.43 Å². The van der Waals surface area contributed by atoms with Crippen molar-refractivity contribution in [2.45, 2.75) is 25.2 Å². The summed E-state index contributed by atoms with van der Waals surface area (Å²) in [5, 5.41) is 4.13. The predicted octanol–water partition coefficient (Wildman–Crippen LogP) is 4.69. The van der Waals surface area contributed by atoms with Gasteiger partial charge in [-0.2, -0.15) is 0 Å². The molecular formula is C18H20N4. The van der Waals surface area contributed by atoms with Crippen LogP contribution in [0.2, 0.25) is 0 Å². The van der Waals surface area contributed by atoms with E-state index in [1.165, 1.54) is 25.0 Å². The first-order valence-electron chi connectivity index (χ1n) is 7.67. The fraction of sp³-hybridized carbons (Fsp3) is 0.222. The van der Waals surface area contributed by atoms with Gasteiger partial charge in [-0.25, -0.2) is 9.97 Å². The molecular weight excluding hydrogens is 272 g/mol. The highest BCUT2D eigenvalue weighted by Crippen LogP contribution is 2.36. The van der Waals surface area contributed by atoms with E-state index in [1.807, 2.05) is 18.5 Å². The Hall–Kier alpha value is -2.62. The number of pyridine rings is 2. The highest BCUT2D eigenvalue weighted by atomic mass is 15.0. The molecule has 22 heavy (non-hydrogen) atoms. The lowest BCUT2D eigenvalue weighted by Gasteiger charge is -2.24. The summed E-state index contributed by atoms with van der Waals surface area (Å²) in [7, 11) is 0. The monoisotopic (exact) mass is 292 g/mol. The van der Waals surface area contributed by atoms with Gasteiger partial charge < -0.3 is 10.3 Å². The average Bonchev–Trinajstić information content (AvgIpc) is 2.90. The number of nitrogens with one attached hydrogen (secondary N) is 2. The van der Waals surface area contributed by atoms with Crippen LogP contribution in [-0.4, -0.2) is 15.0 Å². The van der Waals surface area contributed by atoms with Crippen LogP contribution >= 0.6 is 0 Å². The van der Waals surface area contributed by atoms with Crippen molar-refractivity contribution in [2.24, 2.45) is 0 Å². The Bertz CT molecular complexity index is 819. The molecule has 4 nitrogen and oxygen atoms in total. The number of nitrogens with zero attached hydrogens (tertiary/aromatic N) is 2. The van der Waals surface area contributed by atoms with Crippen molar-refractivity contribution in [1.29, 1.82) is 0 Å². The minimum Gasteiger partial charge on any atom is -0.347 e. The SMILES string of the molecule is C=CNc1ccc(-c2c[nH]c3nc(C4CCC4)ccc23)cn1.[HH]. The van der Waals surface area contributed by atoms with Gasteiger partial charge in [0.1, 0.15) is 11.5 Å². The molecule has 1 aliphatic carbocycles. The van der Waals surface area contributed by atoms with Crippen LogP contribution in [0.1, 0.15) is 32.3 Å². The maximum Gasteiger partial charge on any atom is 0.138 e. The molecule has 3 aromatic heterocycles. The van der Waals surface area contributed by atoms with Gasteiger partial charge in [0, 0.05) is 41.9 Å². The van der Waals surface area contributed by atoms with Crippen molar-refractivity contribution in [3.05, 3.63) is 55.1 Å². The third-order valence-corrected chi connectivity index (χ3v) is 4.41. The maximum atomic E-state index is 4.79. The van der Waals surface area contributed by atoms with Gasteiger partial charge in [-0.3, -0.25) is 0 Å². The van der Waals surface area contributed by atoms with Crippen LogP contribution in [-0.2, 0) is 0 Å². The molecule has 0 bridgehead atoms. The Labute approximate surface area is 130 Å². The number of hydrogen-bond donors (Lipinski definition) is 2. The molecule has 3 aromatic rings. The Kier molecular flexibility index (Phi) is 3.15. The van der Waals surface area contributed by atoms with Crippen LogP contribution in [0.25, 0.3) is 22.2 Å². The second-order valence-electron chi connectivity index (χ2n) is 5.74. The standard InChI is InChI=1S/C18H18N4.H2/c1-2-19-17-9-6-13(10-20-17)15-11-21-18-14(15)7-8-16(22-18)12-4-3-5-12;/h2,6-12H,1,3-5H2,(H,19,20)(H,21,22);1H. The van der Waals surface area contributed by atoms with Crippen molar-refractivity contribution in [3.8, 4) is 11.1 Å². The Morgan fingerprint density at radius 1 is 1.27 bits per heavy atom. The van der Waals surface area contributed by atoms with Crippen LogP contribution in [0.4, 0.5) is 5.82 Å². The summed E-state index contributed by atoms with van der Waals surface area (Å²) in [6.07, 6.45) is 9.38. The highest BCUT2D eigenvalue weighted by molar-refractivity contribution is 5.93. The predicted molar refractivity (Wildman–Crippen MR) is 91.9 cm³/mol. The topological polar surface area (TPSA) is 53.6 Å². The number of rotatable bonds is 4. The fourth-order valence-electron chi connectivity index (χ4n) is 2.93. The van der Waals surface area contributed by atoms with Gasteiger partial charge in [-0.1, -0.05) is 13.0 Å². The van der Waals surface area contributed by atoms with Gasteiger partial charge in [0.05, 0.1) is 0 Å². The number of anilines is 1. The number of H-pyrrole nitrogens is 1. The average molecular weight is 292 g/mol. The van der Waals surface area contributed by atoms with Gasteiger partial charge in [0.25, 0.3) is 0 Å². The smallest absolute Gasteiger partial charge is 0.138 e. The van der Waals surface area contributed by atoms with Crippen LogP contribution in [0.15, 0.2) is 49.4 Å². The third kappa shape index (κ3) is 2.17. The van der Waals surface area contributed by atoms with Gasteiger partial charge in [-0.05, 0) is 43.3 Å². The molecule has 0 spiro atoms. The summed E-state index contributed by atoms with van der Waals surface area (Å²) in [6, 6.07) is 8.36.